The summed E-state index contributed by atoms with van der Waals surface area (Å²) in [5.74, 6) is -2.06. The number of hydrogen-bond acceptors (Lipinski definition) is 2. The molecule has 0 heterocycles. The third kappa shape index (κ3) is 3.20. The van der Waals surface area contributed by atoms with Gasteiger partial charge in [0.2, 0.25) is 5.91 Å². The van der Waals surface area contributed by atoms with Crippen LogP contribution < -0.4 is 11.1 Å². The molecule has 6 heteroatoms. The Bertz CT molecular complexity index is 454. The van der Waals surface area contributed by atoms with E-state index >= 15 is 0 Å². The Kier molecular flexibility index (Phi) is 3.77. The van der Waals surface area contributed by atoms with Crippen molar-refractivity contribution in [3.63, 3.8) is 0 Å². The normalized spacial score (nSPS) is 11.1. The third-order valence-electron chi connectivity index (χ3n) is 2.30. The van der Waals surface area contributed by atoms with Gasteiger partial charge in [0.05, 0.1) is 10.4 Å². The number of carbonyl (C=O) groups is 1. The number of thiocarbonyl (C=S) groups is 1. The molecule has 0 radical (unpaired) electrons. The molecule has 0 aliphatic heterocycles. The highest BCUT2D eigenvalue weighted by atomic mass is 32.1. The van der Waals surface area contributed by atoms with E-state index in [4.69, 9.17) is 18.0 Å². The first-order valence-electron chi connectivity index (χ1n) is 4.81. The summed E-state index contributed by atoms with van der Waals surface area (Å²) in [5, 5.41) is 2.36. The van der Waals surface area contributed by atoms with Crippen molar-refractivity contribution in [1.29, 1.82) is 0 Å². The molecule has 0 saturated carbocycles. The molecule has 92 valence electrons. The number of nitrogens with two attached hydrogens (primary N) is 1. The van der Waals surface area contributed by atoms with Crippen LogP contribution in [0.5, 0.6) is 0 Å². The zero-order valence-corrected chi connectivity index (χ0v) is 10.2. The van der Waals surface area contributed by atoms with Gasteiger partial charge in [-0.25, -0.2) is 8.78 Å². The van der Waals surface area contributed by atoms with E-state index < -0.39 is 23.0 Å². The Hall–Kier alpha value is -1.56. The van der Waals surface area contributed by atoms with Crippen LogP contribution in [-0.4, -0.2) is 10.9 Å². The molecule has 0 saturated heterocycles. The molecule has 0 spiro atoms. The Morgan fingerprint density at radius 1 is 1.29 bits per heavy atom. The van der Waals surface area contributed by atoms with Gasteiger partial charge in [-0.1, -0.05) is 12.2 Å². The molecule has 17 heavy (non-hydrogen) atoms. The summed E-state index contributed by atoms with van der Waals surface area (Å²) in [5.41, 5.74) is 4.35. The van der Waals surface area contributed by atoms with Crippen molar-refractivity contribution in [2.75, 3.05) is 5.32 Å². The zero-order valence-electron chi connectivity index (χ0n) is 9.38. The minimum Gasteiger partial charge on any atom is -0.392 e. The monoisotopic (exact) mass is 258 g/mol. The average molecular weight is 258 g/mol. The van der Waals surface area contributed by atoms with E-state index in [0.717, 1.165) is 12.1 Å². The second kappa shape index (κ2) is 4.75. The molecule has 0 aromatic heterocycles. The number of carbonyl (C=O) groups excluding carboxylic acids is 1. The SMILES string of the molecule is CC(C)(C(=O)Nc1cc(F)cc(F)c1)C(N)=S. The maximum Gasteiger partial charge on any atom is 0.236 e. The van der Waals surface area contributed by atoms with E-state index in [9.17, 15) is 13.6 Å². The van der Waals surface area contributed by atoms with Crippen molar-refractivity contribution < 1.29 is 13.6 Å². The van der Waals surface area contributed by atoms with Crippen molar-refractivity contribution in [2.45, 2.75) is 13.8 Å². The first-order chi connectivity index (χ1) is 7.73. The van der Waals surface area contributed by atoms with Crippen LogP contribution in [0.1, 0.15) is 13.8 Å². The molecule has 3 nitrogen and oxygen atoms in total. The number of halogens is 2. The summed E-state index contributed by atoms with van der Waals surface area (Å²) in [6.45, 7) is 3.06. The predicted molar refractivity (Wildman–Crippen MR) is 65.6 cm³/mol. The minimum atomic E-state index is -1.09. The molecule has 0 aliphatic carbocycles. The molecule has 0 atom stereocenters. The van der Waals surface area contributed by atoms with Crippen LogP contribution in [0.4, 0.5) is 14.5 Å². The lowest BCUT2D eigenvalue weighted by Crippen LogP contribution is -2.41. The number of rotatable bonds is 3. The van der Waals surface area contributed by atoms with E-state index in [0.29, 0.717) is 6.07 Å². The number of amides is 1. The molecule has 0 aliphatic rings. The Labute approximate surface area is 103 Å². The Balaban J connectivity index is 2.92. The van der Waals surface area contributed by atoms with Gasteiger partial charge in [-0.2, -0.15) is 0 Å². The van der Waals surface area contributed by atoms with Crippen molar-refractivity contribution in [1.82, 2.24) is 0 Å². The molecule has 0 fully saturated rings. The van der Waals surface area contributed by atoms with E-state index in [1.165, 1.54) is 13.8 Å². The summed E-state index contributed by atoms with van der Waals surface area (Å²) in [6.07, 6.45) is 0. The lowest BCUT2D eigenvalue weighted by atomic mass is 9.92. The topological polar surface area (TPSA) is 55.1 Å². The fourth-order valence-corrected chi connectivity index (χ4v) is 1.12. The van der Waals surface area contributed by atoms with Crippen LogP contribution in [0.2, 0.25) is 0 Å². The number of benzene rings is 1. The number of hydrogen-bond donors (Lipinski definition) is 2. The predicted octanol–water partition coefficient (Wildman–Crippen LogP) is 2.22. The highest BCUT2D eigenvalue weighted by Crippen LogP contribution is 2.20. The molecule has 3 N–H and O–H groups in total. The van der Waals surface area contributed by atoms with E-state index in [1.807, 2.05) is 0 Å². The van der Waals surface area contributed by atoms with E-state index in [-0.39, 0.29) is 10.7 Å². The van der Waals surface area contributed by atoms with Crippen molar-refractivity contribution in [3.8, 4) is 0 Å². The van der Waals surface area contributed by atoms with Gasteiger partial charge in [0.25, 0.3) is 0 Å². The summed E-state index contributed by atoms with van der Waals surface area (Å²) in [4.78, 5) is 11.8. The number of nitrogens with one attached hydrogen (secondary N) is 1. The highest BCUT2D eigenvalue weighted by molar-refractivity contribution is 7.80. The van der Waals surface area contributed by atoms with Gasteiger partial charge in [-0.15, -0.1) is 0 Å². The zero-order chi connectivity index (χ0) is 13.2. The van der Waals surface area contributed by atoms with Gasteiger partial charge in [0, 0.05) is 11.8 Å². The Morgan fingerprint density at radius 3 is 2.18 bits per heavy atom. The van der Waals surface area contributed by atoms with Gasteiger partial charge in [-0.3, -0.25) is 4.79 Å². The highest BCUT2D eigenvalue weighted by Gasteiger charge is 2.31. The summed E-state index contributed by atoms with van der Waals surface area (Å²) < 4.78 is 25.8. The minimum absolute atomic E-state index is 0.00637. The molecule has 0 unspecified atom stereocenters. The smallest absolute Gasteiger partial charge is 0.236 e. The van der Waals surface area contributed by atoms with Crippen LogP contribution in [0.15, 0.2) is 18.2 Å². The fraction of sp³-hybridized carbons (Fsp3) is 0.273. The second-order valence-corrected chi connectivity index (χ2v) is 4.54. The lowest BCUT2D eigenvalue weighted by Gasteiger charge is -2.21. The molecule has 1 aromatic carbocycles. The molecule has 1 aromatic rings. The van der Waals surface area contributed by atoms with Crippen molar-refractivity contribution >= 4 is 28.8 Å². The standard InChI is InChI=1S/C11H12F2N2OS/c1-11(2,9(14)17)10(16)15-8-4-6(12)3-7(13)5-8/h3-5H,1-2H3,(H2,14,17)(H,15,16). The lowest BCUT2D eigenvalue weighted by molar-refractivity contribution is -0.121. The molecular formula is C11H12F2N2OS. The van der Waals surface area contributed by atoms with E-state index in [2.05, 4.69) is 5.32 Å². The largest absolute Gasteiger partial charge is 0.392 e. The van der Waals surface area contributed by atoms with Gasteiger partial charge in [-0.05, 0) is 26.0 Å². The summed E-state index contributed by atoms with van der Waals surface area (Å²) in [7, 11) is 0. The first kappa shape index (κ1) is 13.5. The quantitative estimate of drug-likeness (QED) is 0.817. The van der Waals surface area contributed by atoms with Gasteiger partial charge in [0.1, 0.15) is 11.6 Å². The maximum atomic E-state index is 12.9. The van der Waals surface area contributed by atoms with Crippen LogP contribution in [0, 0.1) is 17.0 Å². The van der Waals surface area contributed by atoms with Crippen LogP contribution in [0.3, 0.4) is 0 Å². The summed E-state index contributed by atoms with van der Waals surface area (Å²) in [6, 6.07) is 2.74. The molecular weight excluding hydrogens is 246 g/mol. The van der Waals surface area contributed by atoms with E-state index in [1.54, 1.807) is 0 Å². The third-order valence-corrected chi connectivity index (χ3v) is 2.81. The van der Waals surface area contributed by atoms with Crippen molar-refractivity contribution in [3.05, 3.63) is 29.8 Å². The van der Waals surface area contributed by atoms with Gasteiger partial charge >= 0.3 is 0 Å². The molecule has 0 bridgehead atoms. The average Bonchev–Trinajstić information content (AvgIpc) is 2.15. The summed E-state index contributed by atoms with van der Waals surface area (Å²) >= 11 is 4.74. The molecule has 1 rings (SSSR count). The first-order valence-corrected chi connectivity index (χ1v) is 5.22. The van der Waals surface area contributed by atoms with Crippen LogP contribution in [0.25, 0.3) is 0 Å². The number of anilines is 1. The van der Waals surface area contributed by atoms with Crippen molar-refractivity contribution in [2.24, 2.45) is 11.1 Å². The maximum absolute atomic E-state index is 12.9. The Morgan fingerprint density at radius 2 is 1.76 bits per heavy atom. The van der Waals surface area contributed by atoms with Crippen LogP contribution in [-0.2, 0) is 4.79 Å². The molecule has 1 amide bonds. The second-order valence-electron chi connectivity index (χ2n) is 4.10. The fourth-order valence-electron chi connectivity index (χ4n) is 1.03. The van der Waals surface area contributed by atoms with Crippen LogP contribution >= 0.6 is 12.2 Å². The van der Waals surface area contributed by atoms with Gasteiger partial charge in [0.15, 0.2) is 0 Å². The van der Waals surface area contributed by atoms with Gasteiger partial charge < -0.3 is 11.1 Å².